The number of nitrogens with zero attached hydrogens (tertiary/aromatic N) is 4. The Morgan fingerprint density at radius 2 is 1.79 bits per heavy atom. The van der Waals surface area contributed by atoms with Crippen LogP contribution in [0.15, 0.2) is 30.3 Å². The van der Waals surface area contributed by atoms with Crippen molar-refractivity contribution in [3.05, 3.63) is 35.9 Å². The molecule has 0 aliphatic carbocycles. The molecule has 4 rings (SSSR count). The number of carboxylic acid groups (broad SMARTS) is 1. The van der Waals surface area contributed by atoms with Gasteiger partial charge in [0.15, 0.2) is 0 Å². The third-order valence-corrected chi connectivity index (χ3v) is 8.89. The van der Waals surface area contributed by atoms with Gasteiger partial charge in [-0.25, -0.2) is 0 Å². The van der Waals surface area contributed by atoms with E-state index in [0.29, 0.717) is 32.7 Å². The van der Waals surface area contributed by atoms with Gasteiger partial charge in [-0.1, -0.05) is 30.3 Å². The molecule has 38 heavy (non-hydrogen) atoms. The predicted octanol–water partition coefficient (Wildman–Crippen LogP) is -5.05. The van der Waals surface area contributed by atoms with Crippen molar-refractivity contribution in [1.29, 1.82) is 0 Å². The number of fused-ring (bicyclic) bond motifs is 1. The van der Waals surface area contributed by atoms with Gasteiger partial charge >= 0.3 is 29.6 Å². The summed E-state index contributed by atoms with van der Waals surface area (Å²) in [5, 5.41) is 31.2. The largest absolute Gasteiger partial charge is 1.00 e. The van der Waals surface area contributed by atoms with Crippen molar-refractivity contribution in [3.63, 3.8) is 0 Å². The number of amides is 3. The molecule has 202 valence electrons. The number of rotatable bonds is 9. The van der Waals surface area contributed by atoms with E-state index in [0.717, 1.165) is 5.56 Å². The van der Waals surface area contributed by atoms with E-state index in [1.165, 1.54) is 21.6 Å². The van der Waals surface area contributed by atoms with Crippen molar-refractivity contribution in [2.75, 3.05) is 45.9 Å². The van der Waals surface area contributed by atoms with Gasteiger partial charge in [-0.15, -0.1) is 11.8 Å². The van der Waals surface area contributed by atoms with Crippen LogP contribution in [-0.2, 0) is 25.7 Å². The number of aliphatic hydroxyl groups excluding tert-OH is 2. The number of thioether (sulfide) groups is 1. The molecule has 13 heteroatoms. The van der Waals surface area contributed by atoms with Gasteiger partial charge in [-0.2, -0.15) is 0 Å². The molecule has 2 N–H and O–H groups in total. The van der Waals surface area contributed by atoms with E-state index in [4.69, 9.17) is 5.11 Å². The van der Waals surface area contributed by atoms with Crippen molar-refractivity contribution >= 4 is 35.5 Å². The first-order valence-electron chi connectivity index (χ1n) is 12.4. The maximum Gasteiger partial charge on any atom is 1.00 e. The van der Waals surface area contributed by atoms with Gasteiger partial charge in [0.05, 0.1) is 24.0 Å². The van der Waals surface area contributed by atoms with Crippen LogP contribution in [0.3, 0.4) is 0 Å². The summed E-state index contributed by atoms with van der Waals surface area (Å²) in [5.74, 6) is -4.09. The molecule has 3 amide bonds. The molecule has 1 aromatic rings. The zero-order chi connectivity index (χ0) is 26.9. The van der Waals surface area contributed by atoms with Gasteiger partial charge in [-0.05, 0) is 19.4 Å². The first-order valence-corrected chi connectivity index (χ1v) is 13.3. The number of β-amino-alcohol motifs (C(OH)–C–C–N with tert-alkyl or cyclic N) is 1. The van der Waals surface area contributed by atoms with Gasteiger partial charge in [0.1, 0.15) is 18.6 Å². The first kappa shape index (κ1) is 30.9. The molecule has 0 saturated carbocycles. The van der Waals surface area contributed by atoms with Crippen LogP contribution in [0.2, 0.25) is 0 Å². The van der Waals surface area contributed by atoms with Gasteiger partial charge in [-0.3, -0.25) is 19.3 Å². The molecular weight excluding hydrogens is 523 g/mol. The SMILES string of the molecule is CC1(C)S[C@@H]2[C@H]([C@H](O)C(=O)N(CC(=O)N3CCN(CCO)CC3)Cc3ccccc3)C(=O)N2[C@H]1C(=O)[O-].[Na+]. The van der Waals surface area contributed by atoms with Crippen molar-refractivity contribution in [3.8, 4) is 0 Å². The van der Waals surface area contributed by atoms with Gasteiger partial charge in [0.2, 0.25) is 11.8 Å². The van der Waals surface area contributed by atoms with E-state index >= 15 is 0 Å². The van der Waals surface area contributed by atoms with E-state index in [1.54, 1.807) is 43.0 Å². The standard InChI is InChI=1S/C25H34N4O7S.Na/c1-25(2)20(24(35)36)29-21(33)18(23(29)37-25)19(32)22(34)28(14-16-6-4-3-5-7-16)15-17(31)27-10-8-26(9-11-27)12-13-30;/h3-7,18-20,23,30,32H,8-15H2,1-2H3,(H,35,36);/q;+1/p-1/t18-,19+,20+,23-;/m1./s1. The molecule has 3 fully saturated rings. The molecule has 0 unspecified atom stereocenters. The molecule has 0 aromatic heterocycles. The normalized spacial score (nSPS) is 25.2. The molecule has 3 aliphatic heterocycles. The minimum Gasteiger partial charge on any atom is -0.548 e. The molecule has 4 atom stereocenters. The average Bonchev–Trinajstić information content (AvgIpc) is 3.11. The third kappa shape index (κ3) is 6.22. The van der Waals surface area contributed by atoms with Crippen molar-refractivity contribution in [2.45, 2.75) is 42.7 Å². The second-order valence-corrected chi connectivity index (χ2v) is 11.9. The van der Waals surface area contributed by atoms with Crippen molar-refractivity contribution in [1.82, 2.24) is 19.6 Å². The Morgan fingerprint density at radius 3 is 2.37 bits per heavy atom. The number of benzene rings is 1. The number of hydrogen-bond donors (Lipinski definition) is 2. The number of carboxylic acids is 1. The van der Waals surface area contributed by atoms with Crippen LogP contribution >= 0.6 is 11.8 Å². The number of aliphatic carboxylic acids is 1. The van der Waals surface area contributed by atoms with Crippen LogP contribution in [0.5, 0.6) is 0 Å². The molecule has 3 heterocycles. The summed E-state index contributed by atoms with van der Waals surface area (Å²) in [5.41, 5.74) is 0.763. The van der Waals surface area contributed by atoms with E-state index < -0.39 is 46.0 Å². The maximum atomic E-state index is 13.5. The van der Waals surface area contributed by atoms with E-state index in [1.807, 2.05) is 6.07 Å². The molecule has 3 aliphatic rings. The van der Waals surface area contributed by atoms with Gasteiger partial charge < -0.3 is 34.8 Å². The summed E-state index contributed by atoms with van der Waals surface area (Å²) in [7, 11) is 0. The monoisotopic (exact) mass is 556 g/mol. The Morgan fingerprint density at radius 1 is 1.16 bits per heavy atom. The first-order chi connectivity index (χ1) is 17.5. The number of aliphatic hydroxyl groups is 2. The molecule has 0 spiro atoms. The molecule has 3 saturated heterocycles. The van der Waals surface area contributed by atoms with E-state index in [2.05, 4.69) is 4.90 Å². The van der Waals surface area contributed by atoms with Crippen LogP contribution in [0.25, 0.3) is 0 Å². The quantitative estimate of drug-likeness (QED) is 0.226. The topological polar surface area (TPSA) is 145 Å². The van der Waals surface area contributed by atoms with Crippen LogP contribution in [-0.4, -0.2) is 122 Å². The summed E-state index contributed by atoms with van der Waals surface area (Å²) in [4.78, 5) is 57.4. The fourth-order valence-corrected chi connectivity index (χ4v) is 7.01. The Hall–Kier alpha value is -1.67. The van der Waals surface area contributed by atoms with Gasteiger partial charge in [0, 0.05) is 44.0 Å². The second kappa shape index (κ2) is 12.7. The Balaban J connectivity index is 0.00000400. The predicted molar refractivity (Wildman–Crippen MR) is 133 cm³/mol. The van der Waals surface area contributed by atoms with Crippen LogP contribution < -0.4 is 34.7 Å². The smallest absolute Gasteiger partial charge is 0.548 e. The molecule has 11 nitrogen and oxygen atoms in total. The number of β-lactam (4-membered cyclic amide) rings is 1. The third-order valence-electron chi connectivity index (χ3n) is 7.29. The number of piperazine rings is 1. The average molecular weight is 557 g/mol. The molecule has 1 aromatic carbocycles. The Bertz CT molecular complexity index is 1040. The Labute approximate surface area is 248 Å². The van der Waals surface area contributed by atoms with Gasteiger partial charge in [0.25, 0.3) is 5.91 Å². The van der Waals surface area contributed by atoms with E-state index in [-0.39, 0.29) is 55.2 Å². The van der Waals surface area contributed by atoms with Crippen molar-refractivity contribution in [2.24, 2.45) is 5.92 Å². The summed E-state index contributed by atoms with van der Waals surface area (Å²) in [6, 6.07) is 7.90. The number of hydrogen-bond acceptors (Lipinski definition) is 9. The van der Waals surface area contributed by atoms with Crippen LogP contribution in [0, 0.1) is 5.92 Å². The Kier molecular flexibility index (Phi) is 10.3. The summed E-state index contributed by atoms with van der Waals surface area (Å²) < 4.78 is -0.839. The zero-order valence-electron chi connectivity index (χ0n) is 22.0. The summed E-state index contributed by atoms with van der Waals surface area (Å²) in [6.45, 7) is 5.92. The van der Waals surface area contributed by atoms with Crippen LogP contribution in [0.1, 0.15) is 19.4 Å². The van der Waals surface area contributed by atoms with Crippen LogP contribution in [0.4, 0.5) is 0 Å². The fraction of sp³-hybridized carbons (Fsp3) is 0.600. The second-order valence-electron chi connectivity index (χ2n) is 10.2. The molecule has 0 bridgehead atoms. The van der Waals surface area contributed by atoms with Crippen molar-refractivity contribution < 1.29 is 64.1 Å². The summed E-state index contributed by atoms with van der Waals surface area (Å²) in [6.07, 6.45) is -1.71. The maximum absolute atomic E-state index is 13.5. The molecular formula is C25H33N4NaO7S. The number of carbonyl (C=O) groups is 4. The van der Waals surface area contributed by atoms with E-state index in [9.17, 15) is 29.4 Å². The fourth-order valence-electron chi connectivity index (χ4n) is 5.30. The number of carbonyl (C=O) groups excluding carboxylic acids is 4. The molecule has 0 radical (unpaired) electrons. The minimum atomic E-state index is -1.71. The minimum absolute atomic E-state index is 0. The zero-order valence-corrected chi connectivity index (χ0v) is 24.8. The summed E-state index contributed by atoms with van der Waals surface area (Å²) >= 11 is 1.22.